The van der Waals surface area contributed by atoms with Crippen molar-refractivity contribution in [2.75, 3.05) is 26.2 Å². The molecule has 1 atom stereocenters. The fourth-order valence-corrected chi connectivity index (χ4v) is 2.62. The lowest BCUT2D eigenvalue weighted by molar-refractivity contribution is -0.137. The van der Waals surface area contributed by atoms with Gasteiger partial charge in [0, 0.05) is 18.4 Å². The zero-order chi connectivity index (χ0) is 12.7. The van der Waals surface area contributed by atoms with Crippen molar-refractivity contribution in [2.45, 2.75) is 32.1 Å². The van der Waals surface area contributed by atoms with Crippen LogP contribution in [-0.2, 0) is 4.79 Å². The van der Waals surface area contributed by atoms with E-state index in [2.05, 4.69) is 11.5 Å². The Morgan fingerprint density at radius 2 is 2.29 bits per heavy atom. The SMILES string of the molecule is C=CCC1(CO)CCCN(CCCC(=O)O)C1. The van der Waals surface area contributed by atoms with Gasteiger partial charge in [-0.1, -0.05) is 6.08 Å². The summed E-state index contributed by atoms with van der Waals surface area (Å²) in [6.45, 7) is 6.62. The smallest absolute Gasteiger partial charge is 0.303 e. The highest BCUT2D eigenvalue weighted by Gasteiger charge is 2.33. The molecule has 0 spiro atoms. The van der Waals surface area contributed by atoms with Gasteiger partial charge in [-0.25, -0.2) is 0 Å². The second-order valence-electron chi connectivity index (χ2n) is 5.03. The number of carboxylic acid groups (broad SMARTS) is 1. The monoisotopic (exact) mass is 241 g/mol. The Morgan fingerprint density at radius 3 is 2.88 bits per heavy atom. The number of carboxylic acids is 1. The highest BCUT2D eigenvalue weighted by Crippen LogP contribution is 2.33. The highest BCUT2D eigenvalue weighted by atomic mass is 16.4. The van der Waals surface area contributed by atoms with E-state index in [1.54, 1.807) is 0 Å². The summed E-state index contributed by atoms with van der Waals surface area (Å²) in [7, 11) is 0. The first-order valence-corrected chi connectivity index (χ1v) is 6.28. The third-order valence-electron chi connectivity index (χ3n) is 3.52. The van der Waals surface area contributed by atoms with Crippen molar-refractivity contribution in [3.8, 4) is 0 Å². The molecule has 1 rings (SSSR count). The number of carbonyl (C=O) groups is 1. The number of allylic oxidation sites excluding steroid dienone is 1. The molecule has 0 aromatic heterocycles. The van der Waals surface area contributed by atoms with Crippen LogP contribution in [0.15, 0.2) is 12.7 Å². The summed E-state index contributed by atoms with van der Waals surface area (Å²) in [6, 6.07) is 0. The fraction of sp³-hybridized carbons (Fsp3) is 0.769. The quantitative estimate of drug-likeness (QED) is 0.663. The van der Waals surface area contributed by atoms with Crippen molar-refractivity contribution >= 4 is 5.97 Å². The summed E-state index contributed by atoms with van der Waals surface area (Å²) in [4.78, 5) is 12.7. The van der Waals surface area contributed by atoms with Crippen LogP contribution in [0.1, 0.15) is 32.1 Å². The molecule has 2 N–H and O–H groups in total. The number of rotatable bonds is 7. The largest absolute Gasteiger partial charge is 0.481 e. The van der Waals surface area contributed by atoms with Gasteiger partial charge in [0.25, 0.3) is 0 Å². The van der Waals surface area contributed by atoms with E-state index in [1.165, 1.54) is 0 Å². The van der Waals surface area contributed by atoms with Crippen molar-refractivity contribution < 1.29 is 15.0 Å². The second-order valence-corrected chi connectivity index (χ2v) is 5.03. The molecule has 0 aromatic carbocycles. The molecule has 0 aromatic rings. The van der Waals surface area contributed by atoms with Gasteiger partial charge < -0.3 is 15.1 Å². The Hall–Kier alpha value is -0.870. The molecule has 1 aliphatic heterocycles. The minimum atomic E-state index is -0.735. The number of piperidine rings is 1. The summed E-state index contributed by atoms with van der Waals surface area (Å²) < 4.78 is 0. The van der Waals surface area contributed by atoms with Gasteiger partial charge in [-0.2, -0.15) is 0 Å². The van der Waals surface area contributed by atoms with E-state index in [4.69, 9.17) is 5.11 Å². The molecule has 1 unspecified atom stereocenters. The summed E-state index contributed by atoms with van der Waals surface area (Å²) in [5.74, 6) is -0.735. The second kappa shape index (κ2) is 6.77. The number of aliphatic hydroxyl groups excluding tert-OH is 1. The van der Waals surface area contributed by atoms with Crippen LogP contribution in [0, 0.1) is 5.41 Å². The molecule has 1 fully saturated rings. The number of aliphatic hydroxyl groups is 1. The lowest BCUT2D eigenvalue weighted by Crippen LogP contribution is -2.45. The van der Waals surface area contributed by atoms with Gasteiger partial charge in [0.05, 0.1) is 6.61 Å². The first kappa shape index (κ1) is 14.2. The molecule has 17 heavy (non-hydrogen) atoms. The van der Waals surface area contributed by atoms with Gasteiger partial charge in [0.15, 0.2) is 0 Å². The molecule has 4 heteroatoms. The molecular formula is C13H23NO3. The Kier molecular flexibility index (Phi) is 5.65. The molecule has 0 amide bonds. The average Bonchev–Trinajstić information content (AvgIpc) is 2.29. The first-order chi connectivity index (χ1) is 8.12. The summed E-state index contributed by atoms with van der Waals surface area (Å²) in [5, 5.41) is 18.1. The number of hydrogen-bond donors (Lipinski definition) is 2. The summed E-state index contributed by atoms with van der Waals surface area (Å²) in [5.41, 5.74) is -0.0524. The van der Waals surface area contributed by atoms with Crippen LogP contribution in [0.5, 0.6) is 0 Å². The van der Waals surface area contributed by atoms with E-state index in [0.29, 0.717) is 6.42 Å². The first-order valence-electron chi connectivity index (χ1n) is 6.28. The molecule has 0 aliphatic carbocycles. The van der Waals surface area contributed by atoms with Gasteiger partial charge in [0.1, 0.15) is 0 Å². The van der Waals surface area contributed by atoms with Crippen molar-refractivity contribution in [3.63, 3.8) is 0 Å². The van der Waals surface area contributed by atoms with Crippen LogP contribution in [0.4, 0.5) is 0 Å². The molecular weight excluding hydrogens is 218 g/mol. The van der Waals surface area contributed by atoms with Crippen molar-refractivity contribution in [1.29, 1.82) is 0 Å². The fourth-order valence-electron chi connectivity index (χ4n) is 2.62. The van der Waals surface area contributed by atoms with Gasteiger partial charge in [0.2, 0.25) is 0 Å². The molecule has 0 bridgehead atoms. The number of aliphatic carboxylic acids is 1. The third-order valence-corrected chi connectivity index (χ3v) is 3.52. The molecule has 1 heterocycles. The minimum absolute atomic E-state index is 0.0524. The summed E-state index contributed by atoms with van der Waals surface area (Å²) >= 11 is 0. The van der Waals surface area contributed by atoms with E-state index in [-0.39, 0.29) is 18.4 Å². The van der Waals surface area contributed by atoms with Gasteiger partial charge in [-0.3, -0.25) is 4.79 Å². The average molecular weight is 241 g/mol. The number of hydrogen-bond acceptors (Lipinski definition) is 3. The third kappa shape index (κ3) is 4.48. The van der Waals surface area contributed by atoms with Crippen molar-refractivity contribution in [3.05, 3.63) is 12.7 Å². The normalized spacial score (nSPS) is 25.7. The van der Waals surface area contributed by atoms with Crippen molar-refractivity contribution in [1.82, 2.24) is 4.90 Å². The van der Waals surface area contributed by atoms with Gasteiger partial charge >= 0.3 is 5.97 Å². The zero-order valence-electron chi connectivity index (χ0n) is 10.4. The molecule has 4 nitrogen and oxygen atoms in total. The predicted molar refractivity (Wildman–Crippen MR) is 66.9 cm³/mol. The van der Waals surface area contributed by atoms with E-state index in [0.717, 1.165) is 38.9 Å². The topological polar surface area (TPSA) is 60.8 Å². The predicted octanol–water partition coefficient (Wildman–Crippen LogP) is 1.50. The maximum Gasteiger partial charge on any atom is 0.303 e. The van der Waals surface area contributed by atoms with Crippen LogP contribution < -0.4 is 0 Å². The lowest BCUT2D eigenvalue weighted by Gasteiger charge is -2.41. The van der Waals surface area contributed by atoms with Crippen LogP contribution in [0.2, 0.25) is 0 Å². The Balaban J connectivity index is 2.41. The number of likely N-dealkylation sites (tertiary alicyclic amines) is 1. The van der Waals surface area contributed by atoms with E-state index in [1.807, 2.05) is 6.08 Å². The highest BCUT2D eigenvalue weighted by molar-refractivity contribution is 5.66. The lowest BCUT2D eigenvalue weighted by atomic mass is 9.78. The van der Waals surface area contributed by atoms with Crippen molar-refractivity contribution in [2.24, 2.45) is 5.41 Å². The minimum Gasteiger partial charge on any atom is -0.481 e. The Morgan fingerprint density at radius 1 is 1.53 bits per heavy atom. The van der Waals surface area contributed by atoms with Crippen LogP contribution in [-0.4, -0.2) is 47.3 Å². The van der Waals surface area contributed by atoms with Crippen LogP contribution in [0.3, 0.4) is 0 Å². The summed E-state index contributed by atoms with van der Waals surface area (Å²) in [6.07, 6.45) is 5.72. The Labute approximate surface area is 103 Å². The van der Waals surface area contributed by atoms with Crippen LogP contribution in [0.25, 0.3) is 0 Å². The molecule has 1 aliphatic rings. The van der Waals surface area contributed by atoms with E-state index >= 15 is 0 Å². The Bertz CT molecular complexity index is 267. The standard InChI is InChI=1S/C13H23NO3/c1-2-6-13(11-15)7-4-9-14(10-13)8-3-5-12(16)17/h2,15H,1,3-11H2,(H,16,17). The van der Waals surface area contributed by atoms with Crippen LogP contribution >= 0.6 is 0 Å². The zero-order valence-corrected chi connectivity index (χ0v) is 10.4. The van der Waals surface area contributed by atoms with Gasteiger partial charge in [-0.15, -0.1) is 6.58 Å². The maximum absolute atomic E-state index is 10.5. The molecule has 0 radical (unpaired) electrons. The molecule has 1 saturated heterocycles. The maximum atomic E-state index is 10.5. The van der Waals surface area contributed by atoms with Gasteiger partial charge in [-0.05, 0) is 38.8 Å². The van der Waals surface area contributed by atoms with E-state index in [9.17, 15) is 9.90 Å². The number of nitrogens with zero attached hydrogens (tertiary/aromatic N) is 1. The van der Waals surface area contributed by atoms with E-state index < -0.39 is 5.97 Å². The molecule has 0 saturated carbocycles. The molecule has 98 valence electrons.